The molecule has 3 N–H and O–H groups in total. The molecule has 0 saturated heterocycles. The molecule has 1 aromatic carbocycles. The number of nitrogens with one attached hydrogen (secondary N) is 1. The maximum Gasteiger partial charge on any atom is 0.156 e. The number of nitrogens with zero attached hydrogens (tertiary/aromatic N) is 4. The number of pyridine rings is 2. The van der Waals surface area contributed by atoms with Crippen LogP contribution in [-0.2, 0) is 0 Å². The average Bonchev–Trinajstić information content (AvgIpc) is 2.83. The highest BCUT2D eigenvalue weighted by Gasteiger charge is 2.32. The standard InChI is InChI=1S/C22H25FN6OS/c1-22(2)21(24)28-18(12-29(3)31-22)16-10-14(5-6-17(16)23)27-20-19-13(7-8-25-20)9-15(30-4)11-26-19/h5-11,18H,12H2,1-4H3,(H2,24,28)(H,25,27). The van der Waals surface area contributed by atoms with Crippen molar-refractivity contribution in [2.75, 3.05) is 26.0 Å². The number of anilines is 2. The molecule has 1 aliphatic rings. The van der Waals surface area contributed by atoms with Crippen molar-refractivity contribution in [3.05, 3.63) is 54.1 Å². The van der Waals surface area contributed by atoms with Crippen LogP contribution in [0.4, 0.5) is 15.9 Å². The van der Waals surface area contributed by atoms with Gasteiger partial charge in [-0.25, -0.2) is 14.4 Å². The predicted octanol–water partition coefficient (Wildman–Crippen LogP) is 4.29. The number of halogens is 1. The summed E-state index contributed by atoms with van der Waals surface area (Å²) in [6.45, 7) is 4.57. The number of fused-ring (bicyclic) bond motifs is 1. The van der Waals surface area contributed by atoms with Gasteiger partial charge in [0.1, 0.15) is 22.9 Å². The number of methoxy groups -OCH3 is 1. The third kappa shape index (κ3) is 4.42. The normalized spacial score (nSPS) is 19.0. The smallest absolute Gasteiger partial charge is 0.156 e. The number of ether oxygens (including phenoxy) is 1. The molecule has 0 spiro atoms. The van der Waals surface area contributed by atoms with E-state index in [1.54, 1.807) is 43.6 Å². The van der Waals surface area contributed by atoms with E-state index >= 15 is 0 Å². The number of likely N-dealkylation sites (N-methyl/N-ethyl adjacent to an activating group) is 1. The van der Waals surface area contributed by atoms with Crippen LogP contribution >= 0.6 is 11.9 Å². The first-order chi connectivity index (χ1) is 14.8. The third-order valence-corrected chi connectivity index (χ3v) is 6.28. The molecule has 1 atom stereocenters. The lowest BCUT2D eigenvalue weighted by molar-refractivity contribution is 0.414. The highest BCUT2D eigenvalue weighted by molar-refractivity contribution is 7.99. The molecule has 9 heteroatoms. The Morgan fingerprint density at radius 1 is 1.26 bits per heavy atom. The van der Waals surface area contributed by atoms with Crippen LogP contribution in [0.15, 0.2) is 47.7 Å². The minimum absolute atomic E-state index is 0.320. The molecule has 0 fully saturated rings. The third-order valence-electron chi connectivity index (χ3n) is 5.15. The molecule has 3 heterocycles. The van der Waals surface area contributed by atoms with Crippen molar-refractivity contribution in [3.63, 3.8) is 0 Å². The zero-order valence-electron chi connectivity index (χ0n) is 17.9. The zero-order valence-corrected chi connectivity index (χ0v) is 18.7. The number of hydrogen-bond donors (Lipinski definition) is 2. The van der Waals surface area contributed by atoms with E-state index in [1.165, 1.54) is 6.07 Å². The lowest BCUT2D eigenvalue weighted by Gasteiger charge is -2.25. The van der Waals surface area contributed by atoms with Crippen LogP contribution in [0.1, 0.15) is 25.5 Å². The molecular formula is C22H25FN6OS. The van der Waals surface area contributed by atoms with Gasteiger partial charge in [-0.3, -0.25) is 9.30 Å². The molecule has 2 aromatic heterocycles. The van der Waals surface area contributed by atoms with Gasteiger partial charge >= 0.3 is 0 Å². The van der Waals surface area contributed by atoms with E-state index in [9.17, 15) is 4.39 Å². The van der Waals surface area contributed by atoms with Gasteiger partial charge in [0.25, 0.3) is 0 Å². The topological polar surface area (TPSA) is 88.7 Å². The minimum atomic E-state index is -0.413. The molecule has 0 amide bonds. The summed E-state index contributed by atoms with van der Waals surface area (Å²) < 4.78 is 21.8. The van der Waals surface area contributed by atoms with Crippen molar-refractivity contribution in [2.45, 2.75) is 24.6 Å². The quantitative estimate of drug-likeness (QED) is 0.585. The van der Waals surface area contributed by atoms with Crippen LogP contribution in [0.3, 0.4) is 0 Å². The first-order valence-corrected chi connectivity index (χ1v) is 10.6. The van der Waals surface area contributed by atoms with Crippen LogP contribution in [0.2, 0.25) is 0 Å². The summed E-state index contributed by atoms with van der Waals surface area (Å²) in [5.41, 5.74) is 8.11. The van der Waals surface area contributed by atoms with Gasteiger partial charge in [0, 0.05) is 29.4 Å². The van der Waals surface area contributed by atoms with E-state index < -0.39 is 6.04 Å². The van der Waals surface area contributed by atoms with Crippen LogP contribution in [-0.4, -0.2) is 45.6 Å². The number of amidine groups is 1. The number of aliphatic imine (C=N–C) groups is 1. The summed E-state index contributed by atoms with van der Waals surface area (Å²) in [6, 6.07) is 8.22. The van der Waals surface area contributed by atoms with Crippen LogP contribution in [0.25, 0.3) is 10.9 Å². The summed E-state index contributed by atoms with van der Waals surface area (Å²) in [4.78, 5) is 13.5. The predicted molar refractivity (Wildman–Crippen MR) is 124 cm³/mol. The van der Waals surface area contributed by atoms with Gasteiger partial charge in [-0.1, -0.05) is 11.9 Å². The van der Waals surface area contributed by atoms with Gasteiger partial charge in [-0.15, -0.1) is 0 Å². The highest BCUT2D eigenvalue weighted by atomic mass is 32.2. The van der Waals surface area contributed by atoms with Gasteiger partial charge in [0.2, 0.25) is 0 Å². The maximum atomic E-state index is 14.8. The molecule has 1 aliphatic heterocycles. The Morgan fingerprint density at radius 2 is 2.06 bits per heavy atom. The van der Waals surface area contributed by atoms with E-state index in [0.29, 0.717) is 40.7 Å². The highest BCUT2D eigenvalue weighted by Crippen LogP contribution is 2.36. The van der Waals surface area contributed by atoms with Crippen molar-refractivity contribution in [3.8, 4) is 5.75 Å². The van der Waals surface area contributed by atoms with E-state index in [-0.39, 0.29) is 10.6 Å². The van der Waals surface area contributed by atoms with Crippen molar-refractivity contribution >= 4 is 40.2 Å². The molecule has 0 saturated carbocycles. The fraction of sp³-hybridized carbons (Fsp3) is 0.318. The summed E-state index contributed by atoms with van der Waals surface area (Å²) in [5, 5.41) is 4.16. The minimum Gasteiger partial charge on any atom is -0.495 e. The first-order valence-electron chi connectivity index (χ1n) is 9.86. The number of aromatic nitrogens is 2. The summed E-state index contributed by atoms with van der Waals surface area (Å²) in [6.07, 6.45) is 3.34. The summed E-state index contributed by atoms with van der Waals surface area (Å²) >= 11 is 1.60. The van der Waals surface area contributed by atoms with Crippen LogP contribution in [0, 0.1) is 5.82 Å². The van der Waals surface area contributed by atoms with E-state index in [0.717, 1.165) is 5.39 Å². The van der Waals surface area contributed by atoms with Gasteiger partial charge in [-0.05, 0) is 51.2 Å². The van der Waals surface area contributed by atoms with Gasteiger partial charge < -0.3 is 15.8 Å². The average molecular weight is 441 g/mol. The Balaban J connectivity index is 1.69. The van der Waals surface area contributed by atoms with Crippen molar-refractivity contribution in [1.29, 1.82) is 0 Å². The monoisotopic (exact) mass is 440 g/mol. The fourth-order valence-corrected chi connectivity index (χ4v) is 4.65. The Bertz CT molecular complexity index is 1150. The molecular weight excluding hydrogens is 415 g/mol. The van der Waals surface area contributed by atoms with Crippen molar-refractivity contribution < 1.29 is 9.13 Å². The number of benzene rings is 1. The molecule has 0 bridgehead atoms. The molecule has 7 nitrogen and oxygen atoms in total. The fourth-order valence-electron chi connectivity index (χ4n) is 3.51. The Hall–Kier alpha value is -2.91. The van der Waals surface area contributed by atoms with Crippen molar-refractivity contribution in [1.82, 2.24) is 14.3 Å². The summed E-state index contributed by atoms with van der Waals surface area (Å²) in [7, 11) is 3.57. The second-order valence-electron chi connectivity index (χ2n) is 7.91. The maximum absolute atomic E-state index is 14.8. The van der Waals surface area contributed by atoms with Crippen molar-refractivity contribution in [2.24, 2.45) is 10.7 Å². The number of rotatable bonds is 4. The molecule has 1 unspecified atom stereocenters. The zero-order chi connectivity index (χ0) is 22.2. The van der Waals surface area contributed by atoms with Gasteiger partial charge in [0.15, 0.2) is 5.82 Å². The molecule has 31 heavy (non-hydrogen) atoms. The molecule has 3 aromatic rings. The first kappa shape index (κ1) is 21.3. The Morgan fingerprint density at radius 3 is 2.84 bits per heavy atom. The lowest BCUT2D eigenvalue weighted by Crippen LogP contribution is -2.36. The van der Waals surface area contributed by atoms with Crippen LogP contribution in [0.5, 0.6) is 5.75 Å². The SMILES string of the molecule is COc1cnc2c(Nc3ccc(F)c(C4CN(C)SC(C)(C)C(N)=N4)c3)nccc2c1. The van der Waals surface area contributed by atoms with E-state index in [1.807, 2.05) is 33.0 Å². The Labute approximate surface area is 185 Å². The Kier molecular flexibility index (Phi) is 5.72. The summed E-state index contributed by atoms with van der Waals surface area (Å²) in [5.74, 6) is 1.43. The van der Waals surface area contributed by atoms with E-state index in [4.69, 9.17) is 10.5 Å². The second kappa shape index (κ2) is 8.32. The molecule has 0 radical (unpaired) electrons. The van der Waals surface area contributed by atoms with E-state index in [2.05, 4.69) is 24.6 Å². The number of nitrogens with two attached hydrogens (primary N) is 1. The van der Waals surface area contributed by atoms with Crippen LogP contribution < -0.4 is 15.8 Å². The van der Waals surface area contributed by atoms with Gasteiger partial charge in [-0.2, -0.15) is 0 Å². The largest absolute Gasteiger partial charge is 0.495 e. The second-order valence-corrected chi connectivity index (χ2v) is 9.74. The molecule has 162 valence electrons. The molecule has 4 rings (SSSR count). The number of hydrogen-bond acceptors (Lipinski definition) is 8. The lowest BCUT2D eigenvalue weighted by atomic mass is 10.0. The van der Waals surface area contributed by atoms with Gasteiger partial charge in [0.05, 0.1) is 24.1 Å². The molecule has 0 aliphatic carbocycles.